The summed E-state index contributed by atoms with van der Waals surface area (Å²) in [5.41, 5.74) is 8.06. The fourth-order valence-corrected chi connectivity index (χ4v) is 2.81. The smallest absolute Gasteiger partial charge is 0.248 e. The first-order valence-corrected chi connectivity index (χ1v) is 6.85. The second-order valence-corrected chi connectivity index (χ2v) is 5.37. The van der Waals surface area contributed by atoms with Gasteiger partial charge >= 0.3 is 0 Å². The van der Waals surface area contributed by atoms with Gasteiger partial charge in [0, 0.05) is 24.8 Å². The highest BCUT2D eigenvalue weighted by Gasteiger charge is 2.25. The van der Waals surface area contributed by atoms with Crippen molar-refractivity contribution in [3.05, 3.63) is 34.9 Å². The number of hydrogen-bond donors (Lipinski definition) is 3. The van der Waals surface area contributed by atoms with Crippen molar-refractivity contribution in [3.8, 4) is 0 Å². The Bertz CT molecular complexity index is 459. The average molecular weight is 262 g/mol. The predicted molar refractivity (Wildman–Crippen MR) is 74.8 cm³/mol. The van der Waals surface area contributed by atoms with E-state index in [0.717, 1.165) is 24.9 Å². The monoisotopic (exact) mass is 262 g/mol. The zero-order chi connectivity index (χ0) is 13.8. The first-order chi connectivity index (χ1) is 9.11. The zero-order valence-electron chi connectivity index (χ0n) is 11.4. The molecule has 1 aromatic rings. The fraction of sp³-hybridized carbons (Fsp3) is 0.533. The molecule has 2 unspecified atom stereocenters. The molecule has 4 N–H and O–H groups in total. The van der Waals surface area contributed by atoms with Crippen LogP contribution in [0.15, 0.2) is 18.2 Å². The van der Waals surface area contributed by atoms with Crippen molar-refractivity contribution < 1.29 is 9.90 Å². The summed E-state index contributed by atoms with van der Waals surface area (Å²) < 4.78 is 0. The minimum Gasteiger partial charge on any atom is -0.396 e. The number of hydrogen-bond acceptors (Lipinski definition) is 3. The van der Waals surface area contributed by atoms with Gasteiger partial charge in [-0.15, -0.1) is 0 Å². The van der Waals surface area contributed by atoms with Gasteiger partial charge in [0.1, 0.15) is 0 Å². The molecule has 1 aromatic carbocycles. The van der Waals surface area contributed by atoms with Crippen LogP contribution in [-0.2, 0) is 6.54 Å². The number of nitrogens with two attached hydrogens (primary N) is 1. The van der Waals surface area contributed by atoms with Gasteiger partial charge in [0.2, 0.25) is 5.91 Å². The van der Waals surface area contributed by atoms with Crippen LogP contribution >= 0.6 is 0 Å². The van der Waals surface area contributed by atoms with Crippen molar-refractivity contribution >= 4 is 5.91 Å². The molecule has 1 saturated carbocycles. The molecule has 0 saturated heterocycles. The van der Waals surface area contributed by atoms with Crippen molar-refractivity contribution in [2.45, 2.75) is 38.8 Å². The van der Waals surface area contributed by atoms with Crippen molar-refractivity contribution in [1.29, 1.82) is 0 Å². The SMILES string of the molecule is Cc1cc(C(N)=O)ccc1CNC1CCCC1CO. The highest BCUT2D eigenvalue weighted by atomic mass is 16.3. The van der Waals surface area contributed by atoms with Gasteiger partial charge in [-0.25, -0.2) is 0 Å². The Labute approximate surface area is 114 Å². The molecule has 2 atom stereocenters. The van der Waals surface area contributed by atoms with E-state index >= 15 is 0 Å². The Balaban J connectivity index is 1.98. The molecule has 0 aliphatic heterocycles. The lowest BCUT2D eigenvalue weighted by molar-refractivity contribution is 0.1000. The van der Waals surface area contributed by atoms with Gasteiger partial charge in [-0.1, -0.05) is 12.5 Å². The summed E-state index contributed by atoms with van der Waals surface area (Å²) in [6.45, 7) is 3.02. The molecule has 0 bridgehead atoms. The summed E-state index contributed by atoms with van der Waals surface area (Å²) >= 11 is 0. The molecule has 2 rings (SSSR count). The van der Waals surface area contributed by atoms with E-state index in [-0.39, 0.29) is 6.61 Å². The van der Waals surface area contributed by atoms with E-state index in [0.29, 0.717) is 17.5 Å². The quantitative estimate of drug-likeness (QED) is 0.749. The van der Waals surface area contributed by atoms with Crippen LogP contribution in [0, 0.1) is 12.8 Å². The number of carbonyl (C=O) groups excluding carboxylic acids is 1. The summed E-state index contributed by atoms with van der Waals surface area (Å²) in [5, 5.41) is 12.8. The average Bonchev–Trinajstić information content (AvgIpc) is 2.84. The fourth-order valence-electron chi connectivity index (χ4n) is 2.81. The maximum absolute atomic E-state index is 11.1. The van der Waals surface area contributed by atoms with Crippen molar-refractivity contribution in [3.63, 3.8) is 0 Å². The van der Waals surface area contributed by atoms with Gasteiger partial charge in [-0.05, 0) is 48.9 Å². The van der Waals surface area contributed by atoms with Crippen LogP contribution in [-0.4, -0.2) is 23.7 Å². The van der Waals surface area contributed by atoms with Gasteiger partial charge in [-0.2, -0.15) is 0 Å². The maximum atomic E-state index is 11.1. The van der Waals surface area contributed by atoms with Crippen molar-refractivity contribution in [2.75, 3.05) is 6.61 Å². The van der Waals surface area contributed by atoms with Crippen molar-refractivity contribution in [1.82, 2.24) is 5.32 Å². The van der Waals surface area contributed by atoms with E-state index in [2.05, 4.69) is 5.32 Å². The van der Waals surface area contributed by atoms with Crippen LogP contribution in [0.2, 0.25) is 0 Å². The summed E-state index contributed by atoms with van der Waals surface area (Å²) in [6, 6.07) is 5.95. The highest BCUT2D eigenvalue weighted by molar-refractivity contribution is 5.93. The zero-order valence-corrected chi connectivity index (χ0v) is 11.4. The molecule has 19 heavy (non-hydrogen) atoms. The van der Waals surface area contributed by atoms with Crippen molar-refractivity contribution in [2.24, 2.45) is 11.7 Å². The number of benzene rings is 1. The summed E-state index contributed by atoms with van der Waals surface area (Å²) in [5.74, 6) is -0.0102. The summed E-state index contributed by atoms with van der Waals surface area (Å²) in [4.78, 5) is 11.1. The Hall–Kier alpha value is -1.39. The Morgan fingerprint density at radius 2 is 2.26 bits per heavy atom. The third kappa shape index (κ3) is 3.33. The van der Waals surface area contributed by atoms with Crippen LogP contribution in [0.1, 0.15) is 40.7 Å². The summed E-state index contributed by atoms with van der Waals surface area (Å²) in [7, 11) is 0. The predicted octanol–water partition coefficient (Wildman–Crippen LogP) is 1.34. The number of primary amides is 1. The van der Waals surface area contributed by atoms with Crippen LogP contribution < -0.4 is 11.1 Å². The first kappa shape index (κ1) is 14.0. The largest absolute Gasteiger partial charge is 0.396 e. The molecule has 1 amide bonds. The molecule has 4 heteroatoms. The van der Waals surface area contributed by atoms with E-state index in [1.54, 1.807) is 6.07 Å². The van der Waals surface area contributed by atoms with Gasteiger partial charge in [0.25, 0.3) is 0 Å². The normalized spacial score (nSPS) is 22.6. The van der Waals surface area contributed by atoms with E-state index in [1.165, 1.54) is 12.0 Å². The number of aliphatic hydroxyl groups is 1. The van der Waals surface area contributed by atoms with E-state index in [9.17, 15) is 9.90 Å². The van der Waals surface area contributed by atoms with E-state index in [4.69, 9.17) is 5.73 Å². The highest BCUT2D eigenvalue weighted by Crippen LogP contribution is 2.25. The van der Waals surface area contributed by atoms with Crippen LogP contribution in [0.4, 0.5) is 0 Å². The third-order valence-electron chi connectivity index (χ3n) is 4.08. The molecular formula is C15H22N2O2. The lowest BCUT2D eigenvalue weighted by atomic mass is 10.0. The molecule has 0 spiro atoms. The van der Waals surface area contributed by atoms with E-state index < -0.39 is 5.91 Å². The molecule has 0 aromatic heterocycles. The van der Waals surface area contributed by atoms with Crippen LogP contribution in [0.5, 0.6) is 0 Å². The lowest BCUT2D eigenvalue weighted by Gasteiger charge is -2.19. The molecule has 1 aliphatic carbocycles. The van der Waals surface area contributed by atoms with Gasteiger partial charge in [-0.3, -0.25) is 4.79 Å². The molecule has 0 heterocycles. The Morgan fingerprint density at radius 1 is 1.47 bits per heavy atom. The molecule has 1 aliphatic rings. The van der Waals surface area contributed by atoms with Gasteiger partial charge < -0.3 is 16.2 Å². The van der Waals surface area contributed by atoms with Gasteiger partial charge in [0.15, 0.2) is 0 Å². The second kappa shape index (κ2) is 6.17. The van der Waals surface area contributed by atoms with Crippen LogP contribution in [0.3, 0.4) is 0 Å². The molecule has 1 fully saturated rings. The topological polar surface area (TPSA) is 75.4 Å². The number of aliphatic hydroxyl groups excluding tert-OH is 1. The first-order valence-electron chi connectivity index (χ1n) is 6.85. The number of carbonyl (C=O) groups is 1. The number of aryl methyl sites for hydroxylation is 1. The maximum Gasteiger partial charge on any atom is 0.248 e. The molecular weight excluding hydrogens is 240 g/mol. The third-order valence-corrected chi connectivity index (χ3v) is 4.08. The standard InChI is InChI=1S/C15H22N2O2/c1-10-7-11(15(16)19)5-6-12(10)8-17-14-4-2-3-13(14)9-18/h5-7,13-14,17-18H,2-4,8-9H2,1H3,(H2,16,19). The second-order valence-electron chi connectivity index (χ2n) is 5.37. The number of nitrogens with one attached hydrogen (secondary N) is 1. The number of amides is 1. The number of rotatable bonds is 5. The molecule has 0 radical (unpaired) electrons. The molecule has 4 nitrogen and oxygen atoms in total. The van der Waals surface area contributed by atoms with E-state index in [1.807, 2.05) is 19.1 Å². The summed E-state index contributed by atoms with van der Waals surface area (Å²) in [6.07, 6.45) is 3.42. The Morgan fingerprint density at radius 3 is 2.89 bits per heavy atom. The molecule has 104 valence electrons. The lowest BCUT2D eigenvalue weighted by Crippen LogP contribution is -2.33. The minimum atomic E-state index is -0.390. The van der Waals surface area contributed by atoms with Gasteiger partial charge in [0.05, 0.1) is 0 Å². The minimum absolute atomic E-state index is 0.261. The van der Waals surface area contributed by atoms with Crippen LogP contribution in [0.25, 0.3) is 0 Å². The Kier molecular flexibility index (Phi) is 4.56.